The van der Waals surface area contributed by atoms with Gasteiger partial charge in [-0.15, -0.1) is 0 Å². The fourth-order valence-corrected chi connectivity index (χ4v) is 0.346. The molecule has 0 bridgehead atoms. The van der Waals surface area contributed by atoms with Crippen LogP contribution in [0.25, 0.3) is 0 Å². The summed E-state index contributed by atoms with van der Waals surface area (Å²) in [6, 6.07) is 0. The van der Waals surface area contributed by atoms with E-state index < -0.39 is 0 Å². The van der Waals surface area contributed by atoms with Crippen molar-refractivity contribution in [1.82, 2.24) is 0 Å². The lowest BCUT2D eigenvalue weighted by atomic mass is 10.5. The van der Waals surface area contributed by atoms with Crippen LogP contribution in [0.2, 0.25) is 0 Å². The molecule has 0 aliphatic heterocycles. The third kappa shape index (κ3) is 5.96. The van der Waals surface area contributed by atoms with Crippen molar-refractivity contribution in [2.45, 2.75) is 20.3 Å². The summed E-state index contributed by atoms with van der Waals surface area (Å²) in [5.74, 6) is 0. The van der Waals surface area contributed by atoms with E-state index in [1.54, 1.807) is 0 Å². The van der Waals surface area contributed by atoms with Gasteiger partial charge in [0, 0.05) is 13.2 Å². The normalized spacial score (nSPS) is 9.43. The van der Waals surface area contributed by atoms with Crippen LogP contribution in [0, 0.1) is 6.42 Å². The first-order valence-corrected chi connectivity index (χ1v) is 2.77. The van der Waals surface area contributed by atoms with Gasteiger partial charge in [0.2, 0.25) is 0 Å². The van der Waals surface area contributed by atoms with Crippen LogP contribution in [0.1, 0.15) is 20.3 Å². The Labute approximate surface area is 45.7 Å². The zero-order valence-electron chi connectivity index (χ0n) is 5.11. The van der Waals surface area contributed by atoms with Gasteiger partial charge in [-0.2, -0.15) is 0 Å². The van der Waals surface area contributed by atoms with Gasteiger partial charge in [-0.25, -0.2) is 0 Å². The van der Waals surface area contributed by atoms with Crippen LogP contribution in [0.4, 0.5) is 0 Å². The molecule has 0 amide bonds. The van der Waals surface area contributed by atoms with Crippen LogP contribution in [-0.2, 0) is 4.74 Å². The molecule has 0 aromatic carbocycles. The maximum absolute atomic E-state index is 5.08. The summed E-state index contributed by atoms with van der Waals surface area (Å²) in [5, 5.41) is 0. The van der Waals surface area contributed by atoms with Gasteiger partial charge in [0.15, 0.2) is 0 Å². The minimum absolute atomic E-state index is 0.799. The maximum Gasteiger partial charge on any atom is 0.0495 e. The van der Waals surface area contributed by atoms with Gasteiger partial charge >= 0.3 is 0 Å². The SMILES string of the molecule is C[CH]COCCC. The van der Waals surface area contributed by atoms with Crippen LogP contribution in [-0.4, -0.2) is 13.2 Å². The van der Waals surface area contributed by atoms with Crippen molar-refractivity contribution < 1.29 is 4.74 Å². The van der Waals surface area contributed by atoms with Crippen LogP contribution in [0.3, 0.4) is 0 Å². The zero-order chi connectivity index (χ0) is 5.54. The third-order valence-electron chi connectivity index (χ3n) is 0.633. The summed E-state index contributed by atoms with van der Waals surface area (Å²) >= 11 is 0. The summed E-state index contributed by atoms with van der Waals surface area (Å²) in [6.45, 7) is 5.80. The predicted octanol–water partition coefficient (Wildman–Crippen LogP) is 1.64. The highest BCUT2D eigenvalue weighted by Crippen LogP contribution is 1.80. The molecule has 0 heterocycles. The van der Waals surface area contributed by atoms with Gasteiger partial charge in [-0.05, 0) is 12.8 Å². The molecule has 0 saturated carbocycles. The summed E-state index contributed by atoms with van der Waals surface area (Å²) in [6.07, 6.45) is 3.13. The third-order valence-corrected chi connectivity index (χ3v) is 0.633. The monoisotopic (exact) mass is 101 g/mol. The van der Waals surface area contributed by atoms with Crippen molar-refractivity contribution in [3.8, 4) is 0 Å². The van der Waals surface area contributed by atoms with E-state index in [2.05, 4.69) is 6.92 Å². The van der Waals surface area contributed by atoms with E-state index in [4.69, 9.17) is 4.74 Å². The molecule has 0 aliphatic rings. The highest BCUT2D eigenvalue weighted by molar-refractivity contribution is 4.50. The molecule has 0 aromatic rings. The first-order chi connectivity index (χ1) is 3.41. The molecule has 1 radical (unpaired) electrons. The van der Waals surface area contributed by atoms with E-state index >= 15 is 0 Å². The molecule has 43 valence electrons. The van der Waals surface area contributed by atoms with Gasteiger partial charge in [0.1, 0.15) is 0 Å². The Hall–Kier alpha value is -0.0400. The summed E-state index contributed by atoms with van der Waals surface area (Å²) in [7, 11) is 0. The topological polar surface area (TPSA) is 9.23 Å². The van der Waals surface area contributed by atoms with Crippen LogP contribution in [0.15, 0.2) is 0 Å². The maximum atomic E-state index is 5.08. The van der Waals surface area contributed by atoms with Gasteiger partial charge in [-0.3, -0.25) is 0 Å². The van der Waals surface area contributed by atoms with Gasteiger partial charge < -0.3 is 4.74 Å². The predicted molar refractivity (Wildman–Crippen MR) is 31.1 cm³/mol. The second-order valence-corrected chi connectivity index (χ2v) is 1.48. The Balaban J connectivity index is 2.45. The minimum atomic E-state index is 0.799. The first kappa shape index (κ1) is 6.96. The number of hydrogen-bond donors (Lipinski definition) is 0. The molecule has 1 heteroatoms. The van der Waals surface area contributed by atoms with E-state index in [0.29, 0.717) is 0 Å². The lowest BCUT2D eigenvalue weighted by Gasteiger charge is -1.95. The molecule has 0 unspecified atom stereocenters. The Morgan fingerprint density at radius 2 is 2.29 bits per heavy atom. The average Bonchev–Trinajstić information content (AvgIpc) is 1.69. The lowest BCUT2D eigenvalue weighted by molar-refractivity contribution is 0.155. The largest absolute Gasteiger partial charge is 0.381 e. The van der Waals surface area contributed by atoms with E-state index in [-0.39, 0.29) is 0 Å². The van der Waals surface area contributed by atoms with E-state index in [0.717, 1.165) is 19.6 Å². The molecular formula is C6H13O. The summed E-state index contributed by atoms with van der Waals surface area (Å²) < 4.78 is 5.08. The molecule has 0 atom stereocenters. The minimum Gasteiger partial charge on any atom is -0.381 e. The van der Waals surface area contributed by atoms with E-state index in [1.807, 2.05) is 13.3 Å². The lowest BCUT2D eigenvalue weighted by Crippen LogP contribution is -1.92. The first-order valence-electron chi connectivity index (χ1n) is 2.77. The second-order valence-electron chi connectivity index (χ2n) is 1.48. The van der Waals surface area contributed by atoms with Gasteiger partial charge in [0.05, 0.1) is 0 Å². The Kier molecular flexibility index (Phi) is 5.93. The number of rotatable bonds is 4. The number of ether oxygens (including phenoxy) is 1. The summed E-state index contributed by atoms with van der Waals surface area (Å²) in [5.41, 5.74) is 0. The highest BCUT2D eigenvalue weighted by Gasteiger charge is 1.78. The summed E-state index contributed by atoms with van der Waals surface area (Å²) in [4.78, 5) is 0. The Bertz CT molecular complexity index is 23.4. The van der Waals surface area contributed by atoms with E-state index in [9.17, 15) is 0 Å². The molecule has 0 aliphatic carbocycles. The molecule has 0 N–H and O–H groups in total. The molecule has 0 fully saturated rings. The second kappa shape index (κ2) is 5.96. The average molecular weight is 101 g/mol. The Morgan fingerprint density at radius 1 is 1.57 bits per heavy atom. The van der Waals surface area contributed by atoms with Crippen LogP contribution < -0.4 is 0 Å². The molecule has 0 rings (SSSR count). The van der Waals surface area contributed by atoms with Crippen molar-refractivity contribution in [2.75, 3.05) is 13.2 Å². The zero-order valence-corrected chi connectivity index (χ0v) is 5.11. The molecule has 0 saturated heterocycles. The van der Waals surface area contributed by atoms with Crippen LogP contribution in [0.5, 0.6) is 0 Å². The van der Waals surface area contributed by atoms with Crippen molar-refractivity contribution in [2.24, 2.45) is 0 Å². The molecular weight excluding hydrogens is 88.1 g/mol. The molecule has 7 heavy (non-hydrogen) atoms. The fourth-order valence-electron chi connectivity index (χ4n) is 0.346. The molecule has 0 spiro atoms. The van der Waals surface area contributed by atoms with Crippen LogP contribution >= 0.6 is 0 Å². The van der Waals surface area contributed by atoms with E-state index in [1.165, 1.54) is 0 Å². The van der Waals surface area contributed by atoms with Gasteiger partial charge in [0.25, 0.3) is 0 Å². The van der Waals surface area contributed by atoms with Crippen molar-refractivity contribution in [1.29, 1.82) is 0 Å². The smallest absolute Gasteiger partial charge is 0.0495 e. The van der Waals surface area contributed by atoms with Gasteiger partial charge in [-0.1, -0.05) is 13.8 Å². The molecule has 0 aromatic heterocycles. The molecule has 1 nitrogen and oxygen atoms in total. The van der Waals surface area contributed by atoms with Crippen molar-refractivity contribution >= 4 is 0 Å². The highest BCUT2D eigenvalue weighted by atomic mass is 16.5. The standard InChI is InChI=1S/C6H13O/c1-3-5-7-6-4-2/h3H,4-6H2,1-2H3. The van der Waals surface area contributed by atoms with Crippen molar-refractivity contribution in [3.05, 3.63) is 6.42 Å². The fraction of sp³-hybridized carbons (Fsp3) is 0.833. The number of hydrogen-bond acceptors (Lipinski definition) is 1. The Morgan fingerprint density at radius 3 is 2.71 bits per heavy atom. The van der Waals surface area contributed by atoms with Crippen molar-refractivity contribution in [3.63, 3.8) is 0 Å². The quantitative estimate of drug-likeness (QED) is 0.489.